The Morgan fingerprint density at radius 3 is 1.62 bits per heavy atom. The summed E-state index contributed by atoms with van der Waals surface area (Å²) in [5, 5.41) is 0. The van der Waals surface area contributed by atoms with Gasteiger partial charge in [-0.1, -0.05) is 52.7 Å². The summed E-state index contributed by atoms with van der Waals surface area (Å²) >= 11 is 0. The van der Waals surface area contributed by atoms with Crippen molar-refractivity contribution in [2.24, 2.45) is 23.7 Å². The second-order valence-electron chi connectivity index (χ2n) is 6.52. The molecule has 0 saturated carbocycles. The van der Waals surface area contributed by atoms with Crippen molar-refractivity contribution in [3.63, 3.8) is 0 Å². The lowest BCUT2D eigenvalue weighted by Gasteiger charge is -2.27. The Bertz CT molecular complexity index is 216. The van der Waals surface area contributed by atoms with Gasteiger partial charge in [-0.3, -0.25) is 0 Å². The zero-order valence-corrected chi connectivity index (χ0v) is 12.7. The van der Waals surface area contributed by atoms with Gasteiger partial charge in [-0.05, 0) is 50.4 Å². The lowest BCUT2D eigenvalue weighted by molar-refractivity contribution is 0.345. The molecule has 16 heavy (non-hydrogen) atoms. The van der Waals surface area contributed by atoms with Gasteiger partial charge in [-0.15, -0.1) is 0 Å². The third-order valence-electron chi connectivity index (χ3n) is 3.52. The zero-order chi connectivity index (χ0) is 12.9. The molecule has 0 saturated heterocycles. The highest BCUT2D eigenvalue weighted by Crippen LogP contribution is 2.31. The molecule has 0 heteroatoms. The first-order chi connectivity index (χ1) is 7.25. The second kappa shape index (κ2) is 7.14. The van der Waals surface area contributed by atoms with E-state index in [0.717, 1.165) is 23.7 Å². The van der Waals surface area contributed by atoms with Crippen LogP contribution in [0.25, 0.3) is 0 Å². The Morgan fingerprint density at radius 2 is 1.31 bits per heavy atom. The Balaban J connectivity index is 4.63. The molecule has 0 nitrogen and oxygen atoms in total. The molecule has 2 atom stereocenters. The first-order valence-electron chi connectivity index (χ1n) is 6.91. The van der Waals surface area contributed by atoms with Gasteiger partial charge in [0.15, 0.2) is 0 Å². The van der Waals surface area contributed by atoms with Crippen molar-refractivity contribution >= 4 is 0 Å². The normalized spacial score (nSPS) is 15.4. The maximum Gasteiger partial charge on any atom is -0.0203 e. The average Bonchev–Trinajstić information content (AvgIpc) is 2.11. The SMILES string of the molecule is CC(C)=C(CC(C)C)C(C)C(C)CC(C)C. The lowest BCUT2D eigenvalue weighted by atomic mass is 9.79. The molecule has 0 amide bonds. The van der Waals surface area contributed by atoms with Gasteiger partial charge < -0.3 is 0 Å². The van der Waals surface area contributed by atoms with Gasteiger partial charge in [0.25, 0.3) is 0 Å². The molecular formula is C16H32. The molecule has 0 aromatic rings. The van der Waals surface area contributed by atoms with E-state index in [1.54, 1.807) is 5.57 Å². The molecule has 0 spiro atoms. The smallest absolute Gasteiger partial charge is 0.0203 e. The topological polar surface area (TPSA) is 0 Å². The molecule has 0 aromatic heterocycles. The maximum atomic E-state index is 2.41. The van der Waals surface area contributed by atoms with Gasteiger partial charge in [-0.25, -0.2) is 0 Å². The van der Waals surface area contributed by atoms with Crippen LogP contribution >= 0.6 is 0 Å². The Hall–Kier alpha value is -0.260. The standard InChI is InChI=1S/C16H32/c1-11(2)9-14(7)15(8)16(13(5)6)10-12(3)4/h11-12,14-15H,9-10H2,1-8H3. The quantitative estimate of drug-likeness (QED) is 0.509. The molecule has 0 bridgehead atoms. The highest BCUT2D eigenvalue weighted by Gasteiger charge is 2.19. The van der Waals surface area contributed by atoms with Crippen LogP contribution in [-0.2, 0) is 0 Å². The predicted molar refractivity (Wildman–Crippen MR) is 75.6 cm³/mol. The van der Waals surface area contributed by atoms with Crippen molar-refractivity contribution in [1.29, 1.82) is 0 Å². The van der Waals surface area contributed by atoms with Gasteiger partial charge in [0.1, 0.15) is 0 Å². The first-order valence-corrected chi connectivity index (χ1v) is 6.91. The Morgan fingerprint density at radius 1 is 0.812 bits per heavy atom. The minimum Gasteiger partial charge on any atom is -0.0769 e. The average molecular weight is 224 g/mol. The molecule has 0 aliphatic rings. The molecule has 0 aliphatic carbocycles. The summed E-state index contributed by atoms with van der Waals surface area (Å²) in [5.41, 5.74) is 3.24. The molecule has 0 fully saturated rings. The van der Waals surface area contributed by atoms with E-state index < -0.39 is 0 Å². The summed E-state index contributed by atoms with van der Waals surface area (Å²) < 4.78 is 0. The minimum atomic E-state index is 0.745. The minimum absolute atomic E-state index is 0.745. The molecule has 0 heterocycles. The second-order valence-corrected chi connectivity index (χ2v) is 6.52. The van der Waals surface area contributed by atoms with Gasteiger partial charge in [0.2, 0.25) is 0 Å². The summed E-state index contributed by atoms with van der Waals surface area (Å²) in [7, 11) is 0. The number of rotatable bonds is 6. The highest BCUT2D eigenvalue weighted by molar-refractivity contribution is 5.14. The van der Waals surface area contributed by atoms with Crippen molar-refractivity contribution in [1.82, 2.24) is 0 Å². The van der Waals surface area contributed by atoms with E-state index in [-0.39, 0.29) is 0 Å². The third-order valence-corrected chi connectivity index (χ3v) is 3.52. The monoisotopic (exact) mass is 224 g/mol. The fourth-order valence-corrected chi connectivity index (χ4v) is 2.58. The van der Waals surface area contributed by atoms with E-state index in [9.17, 15) is 0 Å². The van der Waals surface area contributed by atoms with Crippen molar-refractivity contribution in [3.8, 4) is 0 Å². The summed E-state index contributed by atoms with van der Waals surface area (Å²) in [6.45, 7) is 18.7. The van der Waals surface area contributed by atoms with E-state index >= 15 is 0 Å². The fourth-order valence-electron chi connectivity index (χ4n) is 2.58. The van der Waals surface area contributed by atoms with Crippen LogP contribution in [0.1, 0.15) is 68.2 Å². The zero-order valence-electron chi connectivity index (χ0n) is 12.7. The Labute approximate surface area is 104 Å². The van der Waals surface area contributed by atoms with Gasteiger partial charge in [0.05, 0.1) is 0 Å². The van der Waals surface area contributed by atoms with E-state index in [0.29, 0.717) is 0 Å². The van der Waals surface area contributed by atoms with Crippen LogP contribution in [0.3, 0.4) is 0 Å². The summed E-state index contributed by atoms with van der Waals surface area (Å²) in [6, 6.07) is 0. The molecule has 0 radical (unpaired) electrons. The first kappa shape index (κ1) is 15.7. The lowest BCUT2D eigenvalue weighted by Crippen LogP contribution is -2.15. The molecule has 0 rings (SSSR count). The van der Waals surface area contributed by atoms with Crippen LogP contribution in [0.4, 0.5) is 0 Å². The predicted octanol–water partition coefficient (Wildman–Crippen LogP) is 5.69. The van der Waals surface area contributed by atoms with E-state index in [1.165, 1.54) is 18.4 Å². The van der Waals surface area contributed by atoms with Crippen LogP contribution in [0.5, 0.6) is 0 Å². The fraction of sp³-hybridized carbons (Fsp3) is 0.875. The summed E-state index contributed by atoms with van der Waals surface area (Å²) in [4.78, 5) is 0. The maximum absolute atomic E-state index is 2.41. The van der Waals surface area contributed by atoms with Crippen molar-refractivity contribution in [3.05, 3.63) is 11.1 Å². The largest absolute Gasteiger partial charge is 0.0769 e. The van der Waals surface area contributed by atoms with Crippen LogP contribution < -0.4 is 0 Å². The van der Waals surface area contributed by atoms with Gasteiger partial charge in [0, 0.05) is 0 Å². The van der Waals surface area contributed by atoms with E-state index in [1.807, 2.05) is 0 Å². The molecule has 0 aromatic carbocycles. The Kier molecular flexibility index (Phi) is 7.03. The van der Waals surface area contributed by atoms with Crippen LogP contribution in [0.2, 0.25) is 0 Å². The molecule has 2 unspecified atom stereocenters. The third kappa shape index (κ3) is 5.72. The van der Waals surface area contributed by atoms with E-state index in [2.05, 4.69) is 55.4 Å². The van der Waals surface area contributed by atoms with Crippen LogP contribution in [0, 0.1) is 23.7 Å². The number of allylic oxidation sites excluding steroid dienone is 2. The van der Waals surface area contributed by atoms with Gasteiger partial charge in [-0.2, -0.15) is 0 Å². The van der Waals surface area contributed by atoms with Crippen LogP contribution in [-0.4, -0.2) is 0 Å². The molecular weight excluding hydrogens is 192 g/mol. The number of hydrogen-bond acceptors (Lipinski definition) is 0. The molecule has 0 aliphatic heterocycles. The molecule has 96 valence electrons. The van der Waals surface area contributed by atoms with Crippen molar-refractivity contribution in [2.75, 3.05) is 0 Å². The summed E-state index contributed by atoms with van der Waals surface area (Å²) in [6.07, 6.45) is 2.61. The van der Waals surface area contributed by atoms with Gasteiger partial charge >= 0.3 is 0 Å². The van der Waals surface area contributed by atoms with Crippen molar-refractivity contribution in [2.45, 2.75) is 68.2 Å². The highest BCUT2D eigenvalue weighted by atomic mass is 14.2. The van der Waals surface area contributed by atoms with Crippen LogP contribution in [0.15, 0.2) is 11.1 Å². The molecule has 0 N–H and O–H groups in total. The van der Waals surface area contributed by atoms with Crippen molar-refractivity contribution < 1.29 is 0 Å². The van der Waals surface area contributed by atoms with E-state index in [4.69, 9.17) is 0 Å². The number of hydrogen-bond donors (Lipinski definition) is 0. The summed E-state index contributed by atoms with van der Waals surface area (Å²) in [5.74, 6) is 3.15.